The monoisotopic (exact) mass is 875 g/mol. The lowest BCUT2D eigenvalue weighted by molar-refractivity contribution is 1.18. The van der Waals surface area contributed by atoms with Gasteiger partial charge in [-0.25, -0.2) is 0 Å². The Bertz CT molecular complexity index is 4490. The molecular formula is C66H41N3. The molecule has 0 fully saturated rings. The lowest BCUT2D eigenvalue weighted by Crippen LogP contribution is -1.94. The standard InChI is InChI=1S/C66H41N3/c1-2-11-42(12-3-1)43-25-32-50(33-26-43)67-60-18-7-5-14-53(60)58-39-47(30-37-63(58)67)44-21-23-45(24-22-44)48-31-38-64-59(40-48)54-15-6-8-19-61(54)68(64)51-34-27-46(28-35-51)49-29-36-55-57-17-10-16-56-52-13-4-9-20-62(52)69(66(56)57)65(55)41-49/h1-41H. The lowest BCUT2D eigenvalue weighted by atomic mass is 9.98. The predicted molar refractivity (Wildman–Crippen MR) is 292 cm³/mol. The van der Waals surface area contributed by atoms with Crippen molar-refractivity contribution >= 4 is 81.7 Å². The summed E-state index contributed by atoms with van der Waals surface area (Å²) in [5.41, 5.74) is 20.6. The molecule has 0 aliphatic heterocycles. The maximum Gasteiger partial charge on any atom is 0.0620 e. The Morgan fingerprint density at radius 3 is 1.07 bits per heavy atom. The van der Waals surface area contributed by atoms with Gasteiger partial charge in [0.05, 0.1) is 38.6 Å². The quantitative estimate of drug-likeness (QED) is 0.158. The molecule has 320 valence electrons. The molecule has 0 bridgehead atoms. The van der Waals surface area contributed by atoms with Crippen LogP contribution in [0.4, 0.5) is 0 Å². The van der Waals surface area contributed by atoms with E-state index >= 15 is 0 Å². The van der Waals surface area contributed by atoms with Gasteiger partial charge in [-0.1, -0.05) is 176 Å². The van der Waals surface area contributed by atoms with E-state index in [9.17, 15) is 0 Å². The molecule has 3 nitrogen and oxygen atoms in total. The summed E-state index contributed by atoms with van der Waals surface area (Å²) in [6.07, 6.45) is 0. The van der Waals surface area contributed by atoms with E-state index < -0.39 is 0 Å². The number of benzene rings is 11. The van der Waals surface area contributed by atoms with Gasteiger partial charge in [0.1, 0.15) is 0 Å². The molecule has 0 spiro atoms. The molecule has 0 aliphatic rings. The number of aromatic nitrogens is 3. The van der Waals surface area contributed by atoms with Gasteiger partial charge in [0.25, 0.3) is 0 Å². The molecular weight excluding hydrogens is 835 g/mol. The third-order valence-electron chi connectivity index (χ3n) is 14.8. The topological polar surface area (TPSA) is 14.3 Å². The number of hydrogen-bond acceptors (Lipinski definition) is 0. The maximum atomic E-state index is 2.46. The van der Waals surface area contributed by atoms with E-state index in [1.807, 2.05) is 0 Å². The summed E-state index contributed by atoms with van der Waals surface area (Å²) in [7, 11) is 0. The molecule has 0 unspecified atom stereocenters. The SMILES string of the molecule is c1ccc(-c2ccc(-n3c4ccccc4c4cc(-c5ccc(-c6ccc7c(c6)c6ccccc6n7-c6ccc(-c7ccc8c9cccc%10c%11ccccc%11n(c8c7)c%109)cc6)cc5)ccc43)cc2)cc1. The van der Waals surface area contributed by atoms with Crippen LogP contribution in [-0.2, 0) is 0 Å². The van der Waals surface area contributed by atoms with Crippen LogP contribution >= 0.6 is 0 Å². The summed E-state index contributed by atoms with van der Waals surface area (Å²) < 4.78 is 7.27. The molecule has 0 amide bonds. The van der Waals surface area contributed by atoms with Gasteiger partial charge >= 0.3 is 0 Å². The third kappa shape index (κ3) is 5.68. The van der Waals surface area contributed by atoms with E-state index in [1.54, 1.807) is 0 Å². The molecule has 69 heavy (non-hydrogen) atoms. The molecule has 4 aromatic heterocycles. The van der Waals surface area contributed by atoms with E-state index in [0.717, 1.165) is 11.4 Å². The lowest BCUT2D eigenvalue weighted by Gasteiger charge is -2.11. The number of rotatable bonds is 6. The van der Waals surface area contributed by atoms with E-state index in [1.165, 1.54) is 126 Å². The highest BCUT2D eigenvalue weighted by molar-refractivity contribution is 6.23. The molecule has 3 heteroatoms. The number of fused-ring (bicyclic) bond motifs is 12. The van der Waals surface area contributed by atoms with Crippen LogP contribution in [0.3, 0.4) is 0 Å². The van der Waals surface area contributed by atoms with Gasteiger partial charge in [-0.2, -0.15) is 0 Å². The van der Waals surface area contributed by atoms with Gasteiger partial charge in [-0.15, -0.1) is 0 Å². The number of nitrogens with zero attached hydrogens (tertiary/aromatic N) is 3. The van der Waals surface area contributed by atoms with Crippen molar-refractivity contribution in [3.63, 3.8) is 0 Å². The van der Waals surface area contributed by atoms with Gasteiger partial charge in [0, 0.05) is 54.5 Å². The van der Waals surface area contributed by atoms with Crippen molar-refractivity contribution in [2.45, 2.75) is 0 Å². The van der Waals surface area contributed by atoms with Gasteiger partial charge in [-0.3, -0.25) is 0 Å². The first kappa shape index (κ1) is 38.0. The van der Waals surface area contributed by atoms with Crippen LogP contribution in [0.25, 0.3) is 138 Å². The smallest absolute Gasteiger partial charge is 0.0620 e. The maximum absolute atomic E-state index is 2.46. The molecule has 0 saturated carbocycles. The minimum absolute atomic E-state index is 1.15. The predicted octanol–water partition coefficient (Wildman–Crippen LogP) is 17.7. The minimum atomic E-state index is 1.15. The molecule has 0 N–H and O–H groups in total. The van der Waals surface area contributed by atoms with Crippen molar-refractivity contribution < 1.29 is 0 Å². The second-order valence-corrected chi connectivity index (χ2v) is 18.5. The van der Waals surface area contributed by atoms with E-state index in [4.69, 9.17) is 0 Å². The zero-order valence-electron chi connectivity index (χ0n) is 37.5. The van der Waals surface area contributed by atoms with Crippen LogP contribution in [0.1, 0.15) is 0 Å². The highest BCUT2D eigenvalue weighted by Gasteiger charge is 2.19. The van der Waals surface area contributed by atoms with Crippen LogP contribution < -0.4 is 0 Å². The summed E-state index contributed by atoms with van der Waals surface area (Å²) in [6.45, 7) is 0. The average molecular weight is 876 g/mol. The van der Waals surface area contributed by atoms with Crippen molar-refractivity contribution in [2.75, 3.05) is 0 Å². The van der Waals surface area contributed by atoms with Gasteiger partial charge in [0.2, 0.25) is 0 Å². The molecule has 15 aromatic rings. The summed E-state index contributed by atoms with van der Waals surface area (Å²) in [4.78, 5) is 0. The Morgan fingerprint density at radius 2 is 0.536 bits per heavy atom. The Hall–Kier alpha value is -9.18. The highest BCUT2D eigenvalue weighted by atomic mass is 15.0. The first-order valence-corrected chi connectivity index (χ1v) is 23.8. The summed E-state index contributed by atoms with van der Waals surface area (Å²) >= 11 is 0. The Balaban J connectivity index is 0.755. The molecule has 15 rings (SSSR count). The van der Waals surface area contributed by atoms with Crippen LogP contribution in [0.2, 0.25) is 0 Å². The Kier molecular flexibility index (Phi) is 8.07. The first-order chi connectivity index (χ1) is 34.2. The van der Waals surface area contributed by atoms with E-state index in [0.29, 0.717) is 0 Å². The molecule has 0 saturated heterocycles. The summed E-state index contributed by atoms with van der Waals surface area (Å²) in [5.74, 6) is 0. The van der Waals surface area contributed by atoms with Crippen molar-refractivity contribution in [3.05, 3.63) is 249 Å². The Labute approximate surface area is 397 Å². The number of hydrogen-bond donors (Lipinski definition) is 0. The Morgan fingerprint density at radius 1 is 0.188 bits per heavy atom. The molecule has 4 heterocycles. The molecule has 0 radical (unpaired) electrons. The summed E-state index contributed by atoms with van der Waals surface area (Å²) in [5, 5.41) is 10.2. The van der Waals surface area contributed by atoms with Crippen molar-refractivity contribution in [2.24, 2.45) is 0 Å². The van der Waals surface area contributed by atoms with Crippen LogP contribution in [-0.4, -0.2) is 13.5 Å². The second kappa shape index (κ2) is 14.7. The van der Waals surface area contributed by atoms with Gasteiger partial charge in [-0.05, 0) is 117 Å². The van der Waals surface area contributed by atoms with E-state index in [2.05, 4.69) is 262 Å². The molecule has 0 atom stereocenters. The molecule has 11 aromatic carbocycles. The fraction of sp³-hybridized carbons (Fsp3) is 0. The largest absolute Gasteiger partial charge is 0.309 e. The van der Waals surface area contributed by atoms with Crippen LogP contribution in [0.5, 0.6) is 0 Å². The van der Waals surface area contributed by atoms with Crippen molar-refractivity contribution in [3.8, 4) is 55.9 Å². The van der Waals surface area contributed by atoms with Gasteiger partial charge in [0.15, 0.2) is 0 Å². The minimum Gasteiger partial charge on any atom is -0.309 e. The number of para-hydroxylation sites is 4. The van der Waals surface area contributed by atoms with Crippen molar-refractivity contribution in [1.82, 2.24) is 13.5 Å². The molecule has 0 aliphatic carbocycles. The second-order valence-electron chi connectivity index (χ2n) is 18.5. The van der Waals surface area contributed by atoms with Crippen LogP contribution in [0.15, 0.2) is 249 Å². The fourth-order valence-electron chi connectivity index (χ4n) is 11.6. The zero-order chi connectivity index (χ0) is 45.2. The van der Waals surface area contributed by atoms with Crippen LogP contribution in [0, 0.1) is 0 Å². The fourth-order valence-corrected chi connectivity index (χ4v) is 11.6. The van der Waals surface area contributed by atoms with E-state index in [-0.39, 0.29) is 0 Å². The highest BCUT2D eigenvalue weighted by Crippen LogP contribution is 2.42. The average Bonchev–Trinajstić information content (AvgIpc) is 4.15. The first-order valence-electron chi connectivity index (χ1n) is 23.8. The zero-order valence-corrected chi connectivity index (χ0v) is 37.5. The van der Waals surface area contributed by atoms with Gasteiger partial charge < -0.3 is 13.5 Å². The normalized spacial score (nSPS) is 12.1. The summed E-state index contributed by atoms with van der Waals surface area (Å²) in [6, 6.07) is 91.6. The van der Waals surface area contributed by atoms with Crippen molar-refractivity contribution in [1.29, 1.82) is 0 Å². The third-order valence-corrected chi connectivity index (χ3v) is 14.8.